The van der Waals surface area contributed by atoms with Gasteiger partial charge in [0.2, 0.25) is 0 Å². The highest BCUT2D eigenvalue weighted by atomic mass is 127. The van der Waals surface area contributed by atoms with Gasteiger partial charge in [-0.2, -0.15) is 0 Å². The fourth-order valence-electron chi connectivity index (χ4n) is 2.26. The van der Waals surface area contributed by atoms with E-state index in [0.717, 1.165) is 23.7 Å². The third-order valence-electron chi connectivity index (χ3n) is 3.31. The van der Waals surface area contributed by atoms with Gasteiger partial charge in [0.25, 0.3) is 0 Å². The smallest absolute Gasteiger partial charge is 0.306 e. The second kappa shape index (κ2) is 6.79. The molecule has 1 saturated heterocycles. The molecular formula is C12H23INO2+. The summed E-state index contributed by atoms with van der Waals surface area (Å²) in [7, 11) is 0. The summed E-state index contributed by atoms with van der Waals surface area (Å²) in [6.45, 7) is 6.45. The first-order chi connectivity index (χ1) is 7.56. The number of nitrogens with two attached hydrogens (primary N) is 1. The van der Waals surface area contributed by atoms with Crippen molar-refractivity contribution in [1.82, 2.24) is 0 Å². The van der Waals surface area contributed by atoms with E-state index in [-0.39, 0.29) is 11.6 Å². The van der Waals surface area contributed by atoms with Gasteiger partial charge in [-0.25, -0.2) is 0 Å². The maximum atomic E-state index is 11.6. The van der Waals surface area contributed by atoms with E-state index >= 15 is 0 Å². The fraction of sp³-hybridized carbons (Fsp3) is 0.917. The van der Waals surface area contributed by atoms with Crippen LogP contribution in [0, 0.1) is 5.92 Å². The molecule has 2 N–H and O–H groups in total. The Balaban J connectivity index is 2.39. The Morgan fingerprint density at radius 2 is 2.06 bits per heavy atom. The molecule has 1 heterocycles. The molecule has 0 spiro atoms. The van der Waals surface area contributed by atoms with Crippen molar-refractivity contribution < 1.29 is 14.8 Å². The molecule has 3 nitrogen and oxygen atoms in total. The van der Waals surface area contributed by atoms with E-state index in [4.69, 9.17) is 4.74 Å². The highest BCUT2D eigenvalue weighted by Gasteiger charge is 2.34. The molecule has 0 aliphatic carbocycles. The average molecular weight is 340 g/mol. The van der Waals surface area contributed by atoms with Crippen molar-refractivity contribution in [3.63, 3.8) is 0 Å². The lowest BCUT2D eigenvalue weighted by molar-refractivity contribution is -0.665. The highest BCUT2D eigenvalue weighted by molar-refractivity contribution is 14.1. The van der Waals surface area contributed by atoms with Gasteiger partial charge in [0.15, 0.2) is 0 Å². The van der Waals surface area contributed by atoms with Crippen molar-refractivity contribution in [3.05, 3.63) is 0 Å². The van der Waals surface area contributed by atoms with E-state index in [2.05, 4.69) is 41.8 Å². The normalized spacial score (nSPS) is 18.4. The molecule has 1 aliphatic heterocycles. The number of carbonyl (C=O) groups is 1. The quantitative estimate of drug-likeness (QED) is 0.468. The predicted molar refractivity (Wildman–Crippen MR) is 72.7 cm³/mol. The molecule has 1 aliphatic rings. The Kier molecular flexibility index (Phi) is 6.03. The van der Waals surface area contributed by atoms with Gasteiger partial charge in [0.1, 0.15) is 5.60 Å². The van der Waals surface area contributed by atoms with Crippen LogP contribution in [0.3, 0.4) is 0 Å². The number of halogens is 1. The van der Waals surface area contributed by atoms with Crippen LogP contribution in [0.4, 0.5) is 0 Å². The molecule has 0 amide bonds. The average Bonchev–Trinajstić information content (AvgIpc) is 2.27. The zero-order valence-corrected chi connectivity index (χ0v) is 12.5. The van der Waals surface area contributed by atoms with Gasteiger partial charge in [-0.1, -0.05) is 22.6 Å². The number of piperidine rings is 1. The van der Waals surface area contributed by atoms with E-state index in [1.54, 1.807) is 0 Å². The molecule has 0 bridgehead atoms. The predicted octanol–water partition coefficient (Wildman–Crippen LogP) is 1.50. The molecular weight excluding hydrogens is 317 g/mol. The maximum Gasteiger partial charge on any atom is 0.306 e. The molecule has 94 valence electrons. The molecule has 0 aromatic rings. The number of rotatable bonds is 5. The maximum absolute atomic E-state index is 11.6. The van der Waals surface area contributed by atoms with Gasteiger partial charge in [-0.3, -0.25) is 4.79 Å². The second-order valence-electron chi connectivity index (χ2n) is 5.01. The Morgan fingerprint density at radius 3 is 2.62 bits per heavy atom. The first-order valence-electron chi connectivity index (χ1n) is 6.15. The standard InChI is InChI=1S/C12H22INO2/c1-12(2,10-5-8-14-9-6-10)16-11(15)4-3-7-13/h10,14H,3-9H2,1-2H3/p+1. The van der Waals surface area contributed by atoms with Crippen LogP contribution >= 0.6 is 22.6 Å². The van der Waals surface area contributed by atoms with Crippen LogP contribution in [0.15, 0.2) is 0 Å². The summed E-state index contributed by atoms with van der Waals surface area (Å²) in [4.78, 5) is 11.6. The Morgan fingerprint density at radius 1 is 1.44 bits per heavy atom. The largest absolute Gasteiger partial charge is 0.459 e. The Bertz CT molecular complexity index is 225. The first kappa shape index (κ1) is 14.2. The van der Waals surface area contributed by atoms with Gasteiger partial charge in [-0.15, -0.1) is 0 Å². The lowest BCUT2D eigenvalue weighted by Crippen LogP contribution is -2.86. The van der Waals surface area contributed by atoms with Gasteiger partial charge in [-0.05, 0) is 20.3 Å². The lowest BCUT2D eigenvalue weighted by Gasteiger charge is -2.35. The number of hydrogen-bond donors (Lipinski definition) is 1. The monoisotopic (exact) mass is 340 g/mol. The number of ether oxygens (including phenoxy) is 1. The minimum atomic E-state index is -0.281. The van der Waals surface area contributed by atoms with Crippen molar-refractivity contribution in [3.8, 4) is 0 Å². The second-order valence-corrected chi connectivity index (χ2v) is 6.09. The van der Waals surface area contributed by atoms with Crippen molar-refractivity contribution in [1.29, 1.82) is 0 Å². The van der Waals surface area contributed by atoms with Crippen molar-refractivity contribution in [2.24, 2.45) is 5.92 Å². The van der Waals surface area contributed by atoms with Crippen molar-refractivity contribution in [2.45, 2.75) is 45.1 Å². The zero-order chi connectivity index (χ0) is 12.0. The van der Waals surface area contributed by atoms with Crippen molar-refractivity contribution in [2.75, 3.05) is 17.5 Å². The minimum Gasteiger partial charge on any atom is -0.459 e. The number of quaternary nitrogens is 1. The van der Waals surface area contributed by atoms with Crippen LogP contribution in [-0.4, -0.2) is 29.1 Å². The van der Waals surface area contributed by atoms with Gasteiger partial charge in [0, 0.05) is 29.6 Å². The number of carbonyl (C=O) groups excluding carboxylic acids is 1. The van der Waals surface area contributed by atoms with Gasteiger partial charge < -0.3 is 10.1 Å². The van der Waals surface area contributed by atoms with Crippen LogP contribution in [-0.2, 0) is 9.53 Å². The summed E-state index contributed by atoms with van der Waals surface area (Å²) >= 11 is 2.29. The topological polar surface area (TPSA) is 42.9 Å². The molecule has 16 heavy (non-hydrogen) atoms. The van der Waals surface area contributed by atoms with Crippen LogP contribution in [0.1, 0.15) is 39.5 Å². The molecule has 1 fully saturated rings. The molecule has 0 aromatic carbocycles. The molecule has 0 saturated carbocycles. The van der Waals surface area contributed by atoms with E-state index in [1.807, 2.05) is 0 Å². The minimum absolute atomic E-state index is 0.0313. The van der Waals surface area contributed by atoms with Gasteiger partial charge in [0.05, 0.1) is 13.1 Å². The first-order valence-corrected chi connectivity index (χ1v) is 7.68. The van der Waals surface area contributed by atoms with E-state index in [9.17, 15) is 4.79 Å². The molecule has 0 radical (unpaired) electrons. The van der Waals surface area contributed by atoms with Crippen LogP contribution in [0.25, 0.3) is 0 Å². The molecule has 0 atom stereocenters. The summed E-state index contributed by atoms with van der Waals surface area (Å²) in [6.07, 6.45) is 3.80. The Labute approximate surface area is 112 Å². The molecule has 0 unspecified atom stereocenters. The van der Waals surface area contributed by atoms with Crippen molar-refractivity contribution >= 4 is 28.6 Å². The third kappa shape index (κ3) is 4.57. The molecule has 1 rings (SSSR count). The van der Waals surface area contributed by atoms with E-state index in [0.29, 0.717) is 12.3 Å². The summed E-state index contributed by atoms with van der Waals surface area (Å²) < 4.78 is 6.64. The summed E-state index contributed by atoms with van der Waals surface area (Å²) in [5.74, 6) is 0.497. The zero-order valence-electron chi connectivity index (χ0n) is 10.3. The number of hydrogen-bond acceptors (Lipinski definition) is 2. The molecule has 0 aromatic heterocycles. The lowest BCUT2D eigenvalue weighted by atomic mass is 9.83. The van der Waals surface area contributed by atoms with Gasteiger partial charge >= 0.3 is 5.97 Å². The third-order valence-corrected chi connectivity index (χ3v) is 4.08. The van der Waals surface area contributed by atoms with E-state index < -0.39 is 0 Å². The fourth-order valence-corrected chi connectivity index (χ4v) is 2.64. The molecule has 4 heteroatoms. The summed E-state index contributed by atoms with van der Waals surface area (Å²) in [6, 6.07) is 0. The van der Waals surface area contributed by atoms with Crippen LogP contribution < -0.4 is 5.32 Å². The summed E-state index contributed by atoms with van der Waals surface area (Å²) in [5, 5.41) is 2.34. The van der Waals surface area contributed by atoms with E-state index in [1.165, 1.54) is 13.1 Å². The Hall–Kier alpha value is 0.160. The highest BCUT2D eigenvalue weighted by Crippen LogP contribution is 2.28. The van der Waals surface area contributed by atoms with Crippen LogP contribution in [0.2, 0.25) is 0 Å². The SMILES string of the molecule is CC(C)(OC(=O)CCCI)C1CC[NH2+]CC1. The summed E-state index contributed by atoms with van der Waals surface area (Å²) in [5.41, 5.74) is -0.281. The van der Waals surface area contributed by atoms with Crippen LogP contribution in [0.5, 0.6) is 0 Å². The number of esters is 1. The number of alkyl halides is 1.